The van der Waals surface area contributed by atoms with Crippen molar-refractivity contribution >= 4 is 5.91 Å². The van der Waals surface area contributed by atoms with Crippen LogP contribution in [0.15, 0.2) is 0 Å². The van der Waals surface area contributed by atoms with Gasteiger partial charge in [0.05, 0.1) is 0 Å². The molecule has 80 valence electrons. The fourth-order valence-electron chi connectivity index (χ4n) is 2.89. The van der Waals surface area contributed by atoms with Gasteiger partial charge in [0.15, 0.2) is 6.35 Å². The van der Waals surface area contributed by atoms with Gasteiger partial charge in [-0.1, -0.05) is 26.2 Å². The highest BCUT2D eigenvalue weighted by Crippen LogP contribution is 2.38. The molecule has 1 aliphatic heterocycles. The molecule has 0 aromatic rings. The first-order chi connectivity index (χ1) is 6.69. The Morgan fingerprint density at radius 3 is 2.93 bits per heavy atom. The quantitative estimate of drug-likeness (QED) is 0.568. The molecule has 2 fully saturated rings. The van der Waals surface area contributed by atoms with Crippen molar-refractivity contribution in [3.05, 3.63) is 0 Å². The Balaban J connectivity index is 2.22. The predicted octanol–water partition coefficient (Wildman–Crippen LogP) is 0.321. The fourth-order valence-corrected chi connectivity index (χ4v) is 2.89. The molecule has 1 amide bonds. The molecule has 1 aliphatic carbocycles. The molecule has 0 radical (unpaired) electrons. The summed E-state index contributed by atoms with van der Waals surface area (Å²) in [5.74, 6) is 0.352. The largest absolute Gasteiger partial charge is 0.361 e. The lowest BCUT2D eigenvalue weighted by Gasteiger charge is -2.38. The number of hydrogen-bond donors (Lipinski definition) is 3. The summed E-state index contributed by atoms with van der Waals surface area (Å²) in [6.45, 7) is 2.11. The van der Waals surface area contributed by atoms with Crippen LogP contribution in [0.25, 0.3) is 0 Å². The fraction of sp³-hybridized carbons (Fsp3) is 0.900. The number of amides is 1. The van der Waals surface area contributed by atoms with E-state index in [1.54, 1.807) is 0 Å². The molecule has 4 heteroatoms. The highest BCUT2D eigenvalue weighted by Gasteiger charge is 2.51. The zero-order chi connectivity index (χ0) is 10.2. The van der Waals surface area contributed by atoms with Gasteiger partial charge in [0.2, 0.25) is 5.91 Å². The smallest absolute Gasteiger partial charge is 0.243 e. The second kappa shape index (κ2) is 3.51. The maximum Gasteiger partial charge on any atom is 0.243 e. The second-order valence-electron chi connectivity index (χ2n) is 4.34. The van der Waals surface area contributed by atoms with Crippen LogP contribution in [0.3, 0.4) is 0 Å². The van der Waals surface area contributed by atoms with Crippen molar-refractivity contribution in [3.63, 3.8) is 0 Å². The molecule has 3 atom stereocenters. The van der Waals surface area contributed by atoms with Gasteiger partial charge in [-0.15, -0.1) is 0 Å². The molecule has 1 spiro atoms. The van der Waals surface area contributed by atoms with Gasteiger partial charge in [-0.3, -0.25) is 10.1 Å². The molecular formula is C10H18N2O2. The first kappa shape index (κ1) is 9.93. The van der Waals surface area contributed by atoms with Crippen molar-refractivity contribution in [3.8, 4) is 0 Å². The Labute approximate surface area is 84.1 Å². The highest BCUT2D eigenvalue weighted by atomic mass is 16.3. The van der Waals surface area contributed by atoms with Crippen molar-refractivity contribution in [2.75, 3.05) is 0 Å². The molecule has 3 N–H and O–H groups in total. The summed E-state index contributed by atoms with van der Waals surface area (Å²) in [5, 5.41) is 14.9. The molecule has 1 heterocycles. The molecule has 14 heavy (non-hydrogen) atoms. The van der Waals surface area contributed by atoms with Crippen LogP contribution in [0.5, 0.6) is 0 Å². The molecule has 0 aromatic carbocycles. The molecule has 0 aromatic heterocycles. The van der Waals surface area contributed by atoms with Crippen molar-refractivity contribution in [1.29, 1.82) is 0 Å². The summed E-state index contributed by atoms with van der Waals surface area (Å²) in [4.78, 5) is 11.8. The summed E-state index contributed by atoms with van der Waals surface area (Å²) in [6.07, 6.45) is 4.36. The van der Waals surface area contributed by atoms with Crippen LogP contribution in [0, 0.1) is 5.92 Å². The van der Waals surface area contributed by atoms with Gasteiger partial charge >= 0.3 is 0 Å². The van der Waals surface area contributed by atoms with Crippen molar-refractivity contribution in [1.82, 2.24) is 10.6 Å². The Hall–Kier alpha value is -0.610. The summed E-state index contributed by atoms with van der Waals surface area (Å²) in [7, 11) is 0. The third-order valence-corrected chi connectivity index (χ3v) is 3.63. The van der Waals surface area contributed by atoms with E-state index in [0.717, 1.165) is 25.7 Å². The lowest BCUT2D eigenvalue weighted by molar-refractivity contribution is -0.127. The monoisotopic (exact) mass is 198 g/mol. The number of aliphatic hydroxyl groups is 1. The minimum absolute atomic E-state index is 0.0171. The van der Waals surface area contributed by atoms with Gasteiger partial charge in [0.1, 0.15) is 5.54 Å². The van der Waals surface area contributed by atoms with E-state index in [1.165, 1.54) is 6.42 Å². The van der Waals surface area contributed by atoms with Crippen molar-refractivity contribution in [2.45, 2.75) is 50.9 Å². The number of carbonyl (C=O) groups excluding carboxylic acids is 1. The van der Waals surface area contributed by atoms with E-state index in [4.69, 9.17) is 0 Å². The van der Waals surface area contributed by atoms with Gasteiger partial charge in [0.25, 0.3) is 0 Å². The maximum absolute atomic E-state index is 11.8. The van der Waals surface area contributed by atoms with Crippen LogP contribution in [0.1, 0.15) is 39.0 Å². The summed E-state index contributed by atoms with van der Waals surface area (Å²) < 4.78 is 0. The second-order valence-corrected chi connectivity index (χ2v) is 4.34. The summed E-state index contributed by atoms with van der Waals surface area (Å²) in [6, 6.07) is 0. The Morgan fingerprint density at radius 2 is 2.36 bits per heavy atom. The van der Waals surface area contributed by atoms with Gasteiger partial charge in [-0.2, -0.15) is 0 Å². The summed E-state index contributed by atoms with van der Waals surface area (Å²) in [5.41, 5.74) is -0.480. The van der Waals surface area contributed by atoms with Crippen LogP contribution in [-0.2, 0) is 4.79 Å². The van der Waals surface area contributed by atoms with E-state index in [2.05, 4.69) is 17.6 Å². The van der Waals surface area contributed by atoms with E-state index < -0.39 is 11.9 Å². The van der Waals surface area contributed by atoms with Gasteiger partial charge in [-0.05, 0) is 18.8 Å². The first-order valence-corrected chi connectivity index (χ1v) is 5.46. The molecule has 2 aliphatic rings. The van der Waals surface area contributed by atoms with Gasteiger partial charge in [0, 0.05) is 0 Å². The van der Waals surface area contributed by atoms with Crippen LogP contribution in [-0.4, -0.2) is 22.9 Å². The highest BCUT2D eigenvalue weighted by molar-refractivity contribution is 5.89. The number of nitrogens with one attached hydrogen (secondary N) is 2. The molecular weight excluding hydrogens is 180 g/mol. The zero-order valence-electron chi connectivity index (χ0n) is 8.55. The van der Waals surface area contributed by atoms with Gasteiger partial charge < -0.3 is 10.4 Å². The van der Waals surface area contributed by atoms with Gasteiger partial charge in [-0.25, -0.2) is 0 Å². The standard InChI is InChI=1S/C10H18N2O2/c1-2-7-5-3-4-6-10(7)8(13)11-9(14)12-10/h7,9,12,14H,2-6H2,1H3,(H,11,13). The Morgan fingerprint density at radius 1 is 1.57 bits per heavy atom. The van der Waals surface area contributed by atoms with Crippen LogP contribution in [0.4, 0.5) is 0 Å². The molecule has 3 unspecified atom stereocenters. The van der Waals surface area contributed by atoms with E-state index in [-0.39, 0.29) is 5.91 Å². The van der Waals surface area contributed by atoms with E-state index in [1.807, 2.05) is 0 Å². The zero-order valence-corrected chi connectivity index (χ0v) is 8.55. The van der Waals surface area contributed by atoms with Crippen molar-refractivity contribution in [2.24, 2.45) is 5.92 Å². The average molecular weight is 198 g/mol. The lowest BCUT2D eigenvalue weighted by Crippen LogP contribution is -2.55. The van der Waals surface area contributed by atoms with Crippen LogP contribution in [0.2, 0.25) is 0 Å². The van der Waals surface area contributed by atoms with Crippen molar-refractivity contribution < 1.29 is 9.90 Å². The van der Waals surface area contributed by atoms with Crippen LogP contribution >= 0.6 is 0 Å². The summed E-state index contributed by atoms with van der Waals surface area (Å²) >= 11 is 0. The molecule has 1 saturated heterocycles. The minimum Gasteiger partial charge on any atom is -0.361 e. The Kier molecular flexibility index (Phi) is 2.49. The normalized spacial score (nSPS) is 42.9. The number of rotatable bonds is 1. The number of aliphatic hydroxyl groups excluding tert-OH is 1. The van der Waals surface area contributed by atoms with Crippen LogP contribution < -0.4 is 10.6 Å². The molecule has 4 nitrogen and oxygen atoms in total. The van der Waals surface area contributed by atoms with E-state index >= 15 is 0 Å². The van der Waals surface area contributed by atoms with E-state index in [9.17, 15) is 9.90 Å². The predicted molar refractivity (Wildman–Crippen MR) is 52.3 cm³/mol. The topological polar surface area (TPSA) is 61.4 Å². The molecule has 1 saturated carbocycles. The minimum atomic E-state index is -0.852. The number of hydrogen-bond acceptors (Lipinski definition) is 3. The Bertz CT molecular complexity index is 244. The SMILES string of the molecule is CCC1CCCCC12NC(O)NC2=O. The van der Waals surface area contributed by atoms with E-state index in [0.29, 0.717) is 5.92 Å². The first-order valence-electron chi connectivity index (χ1n) is 5.46. The molecule has 2 rings (SSSR count). The third kappa shape index (κ3) is 1.33. The lowest BCUT2D eigenvalue weighted by atomic mass is 9.71. The number of carbonyl (C=O) groups is 1. The maximum atomic E-state index is 11.8. The third-order valence-electron chi connectivity index (χ3n) is 3.63. The molecule has 0 bridgehead atoms. The average Bonchev–Trinajstić information content (AvgIpc) is 2.43.